The van der Waals surface area contributed by atoms with Crippen molar-refractivity contribution in [2.75, 3.05) is 7.11 Å². The summed E-state index contributed by atoms with van der Waals surface area (Å²) >= 11 is 0. The molecule has 1 rings (SSSR count). The Kier molecular flexibility index (Phi) is 4.10. The first kappa shape index (κ1) is 12.3. The molecular formula is C11H14O5. The zero-order valence-electron chi connectivity index (χ0n) is 9.28. The van der Waals surface area contributed by atoms with Gasteiger partial charge in [-0.15, -0.1) is 0 Å². The van der Waals surface area contributed by atoms with Crippen molar-refractivity contribution in [1.82, 2.24) is 0 Å². The first-order chi connectivity index (χ1) is 7.54. The van der Waals surface area contributed by atoms with Crippen molar-refractivity contribution in [3.8, 4) is 5.75 Å². The highest BCUT2D eigenvalue weighted by Gasteiger charge is 2.10. The van der Waals surface area contributed by atoms with Gasteiger partial charge >= 0.3 is 11.6 Å². The molecule has 0 amide bonds. The predicted octanol–water partition coefficient (Wildman–Crippen LogP) is 1.36. The Morgan fingerprint density at radius 2 is 2.25 bits per heavy atom. The number of methoxy groups -OCH3 is 1. The van der Waals surface area contributed by atoms with Crippen LogP contribution >= 0.6 is 0 Å². The van der Waals surface area contributed by atoms with E-state index >= 15 is 0 Å². The third kappa shape index (κ3) is 3.12. The summed E-state index contributed by atoms with van der Waals surface area (Å²) in [5, 5.41) is 8.53. The summed E-state index contributed by atoms with van der Waals surface area (Å²) in [4.78, 5) is 21.4. The lowest BCUT2D eigenvalue weighted by Gasteiger charge is -2.08. The second-order valence-corrected chi connectivity index (χ2v) is 3.42. The fraction of sp³-hybridized carbons (Fsp3) is 0.455. The molecule has 0 fully saturated rings. The van der Waals surface area contributed by atoms with Crippen LogP contribution in [0.1, 0.15) is 24.2 Å². The van der Waals surface area contributed by atoms with Gasteiger partial charge in [-0.3, -0.25) is 4.79 Å². The maximum absolute atomic E-state index is 11.1. The Morgan fingerprint density at radius 3 is 2.81 bits per heavy atom. The standard InChI is InChI=1S/C11H14O5/c1-7-8(4-3-5-10(12)13)9(15-2)6-11(14)16-7/h6H,3-5H2,1-2H3,(H,12,13). The van der Waals surface area contributed by atoms with Gasteiger partial charge in [0.05, 0.1) is 13.2 Å². The molecule has 16 heavy (non-hydrogen) atoms. The summed E-state index contributed by atoms with van der Waals surface area (Å²) in [7, 11) is 1.47. The van der Waals surface area contributed by atoms with E-state index in [0.29, 0.717) is 24.4 Å². The average molecular weight is 226 g/mol. The van der Waals surface area contributed by atoms with E-state index in [1.54, 1.807) is 6.92 Å². The molecule has 5 nitrogen and oxygen atoms in total. The molecule has 88 valence electrons. The van der Waals surface area contributed by atoms with Crippen LogP contribution in [0.25, 0.3) is 0 Å². The van der Waals surface area contributed by atoms with Crippen molar-refractivity contribution < 1.29 is 19.1 Å². The number of carboxylic acids is 1. The average Bonchev–Trinajstić information content (AvgIpc) is 2.20. The third-order valence-corrected chi connectivity index (χ3v) is 2.26. The van der Waals surface area contributed by atoms with Crippen LogP contribution in [0.2, 0.25) is 0 Å². The quantitative estimate of drug-likeness (QED) is 0.820. The van der Waals surface area contributed by atoms with Gasteiger partial charge in [-0.25, -0.2) is 4.79 Å². The number of carboxylic acid groups (broad SMARTS) is 1. The molecule has 1 N–H and O–H groups in total. The Bertz CT molecular complexity index is 432. The van der Waals surface area contributed by atoms with Gasteiger partial charge < -0.3 is 14.3 Å². The maximum atomic E-state index is 11.1. The van der Waals surface area contributed by atoms with Gasteiger partial charge in [0.1, 0.15) is 11.5 Å². The molecule has 0 aromatic carbocycles. The molecule has 0 radical (unpaired) electrons. The second kappa shape index (κ2) is 5.34. The maximum Gasteiger partial charge on any atom is 0.339 e. The molecule has 1 aromatic heterocycles. The van der Waals surface area contributed by atoms with E-state index in [1.807, 2.05) is 0 Å². The summed E-state index contributed by atoms with van der Waals surface area (Å²) < 4.78 is 9.98. The molecule has 0 aliphatic heterocycles. The smallest absolute Gasteiger partial charge is 0.339 e. The SMILES string of the molecule is COc1cc(=O)oc(C)c1CCCC(=O)O. The molecule has 1 heterocycles. The van der Waals surface area contributed by atoms with Crippen molar-refractivity contribution in [2.24, 2.45) is 0 Å². The van der Waals surface area contributed by atoms with Gasteiger partial charge in [-0.05, 0) is 19.8 Å². The lowest BCUT2D eigenvalue weighted by molar-refractivity contribution is -0.137. The van der Waals surface area contributed by atoms with Crippen molar-refractivity contribution in [3.05, 3.63) is 27.8 Å². The lowest BCUT2D eigenvalue weighted by Crippen LogP contribution is -2.05. The van der Waals surface area contributed by atoms with Crippen molar-refractivity contribution in [3.63, 3.8) is 0 Å². The van der Waals surface area contributed by atoms with Gasteiger partial charge in [0.15, 0.2) is 0 Å². The van der Waals surface area contributed by atoms with Gasteiger partial charge in [0.2, 0.25) is 0 Å². The summed E-state index contributed by atoms with van der Waals surface area (Å²) in [5.41, 5.74) is 0.291. The molecule has 0 aliphatic rings. The number of aryl methyl sites for hydroxylation is 1. The molecule has 5 heteroatoms. The van der Waals surface area contributed by atoms with E-state index in [-0.39, 0.29) is 6.42 Å². The number of carbonyl (C=O) groups is 1. The Balaban J connectivity index is 2.85. The normalized spacial score (nSPS) is 10.1. The van der Waals surface area contributed by atoms with Gasteiger partial charge in [0.25, 0.3) is 0 Å². The van der Waals surface area contributed by atoms with Crippen LogP contribution in [0.15, 0.2) is 15.3 Å². The van der Waals surface area contributed by atoms with Crippen LogP contribution in [0.4, 0.5) is 0 Å². The highest BCUT2D eigenvalue weighted by molar-refractivity contribution is 5.66. The van der Waals surface area contributed by atoms with E-state index in [9.17, 15) is 9.59 Å². The largest absolute Gasteiger partial charge is 0.496 e. The molecule has 0 spiro atoms. The third-order valence-electron chi connectivity index (χ3n) is 2.26. The number of hydrogen-bond acceptors (Lipinski definition) is 4. The highest BCUT2D eigenvalue weighted by Crippen LogP contribution is 2.21. The Labute approximate surface area is 92.7 Å². The van der Waals surface area contributed by atoms with Crippen LogP contribution in [-0.4, -0.2) is 18.2 Å². The van der Waals surface area contributed by atoms with Crippen LogP contribution in [0.3, 0.4) is 0 Å². The lowest BCUT2D eigenvalue weighted by atomic mass is 10.1. The predicted molar refractivity (Wildman–Crippen MR) is 56.8 cm³/mol. The Morgan fingerprint density at radius 1 is 1.56 bits per heavy atom. The topological polar surface area (TPSA) is 76.7 Å². The first-order valence-corrected chi connectivity index (χ1v) is 4.94. The molecule has 0 atom stereocenters. The number of aliphatic carboxylic acids is 1. The zero-order valence-corrected chi connectivity index (χ0v) is 9.28. The minimum absolute atomic E-state index is 0.0850. The first-order valence-electron chi connectivity index (χ1n) is 4.94. The van der Waals surface area contributed by atoms with E-state index in [2.05, 4.69) is 0 Å². The summed E-state index contributed by atoms with van der Waals surface area (Å²) in [5.74, 6) is 0.0999. The molecule has 0 aliphatic carbocycles. The van der Waals surface area contributed by atoms with Crippen molar-refractivity contribution in [2.45, 2.75) is 26.2 Å². The van der Waals surface area contributed by atoms with Gasteiger partial charge in [0, 0.05) is 12.0 Å². The fourth-order valence-electron chi connectivity index (χ4n) is 1.51. The van der Waals surface area contributed by atoms with E-state index < -0.39 is 11.6 Å². The number of ether oxygens (including phenoxy) is 1. The van der Waals surface area contributed by atoms with E-state index in [4.69, 9.17) is 14.3 Å². The number of hydrogen-bond donors (Lipinski definition) is 1. The van der Waals surface area contributed by atoms with Crippen LogP contribution in [-0.2, 0) is 11.2 Å². The van der Waals surface area contributed by atoms with E-state index in [1.165, 1.54) is 13.2 Å². The molecule has 0 saturated carbocycles. The summed E-state index contributed by atoms with van der Waals surface area (Å²) in [6, 6.07) is 1.27. The van der Waals surface area contributed by atoms with E-state index in [0.717, 1.165) is 5.56 Å². The van der Waals surface area contributed by atoms with Crippen LogP contribution in [0.5, 0.6) is 5.75 Å². The molecule has 0 unspecified atom stereocenters. The van der Waals surface area contributed by atoms with Crippen molar-refractivity contribution >= 4 is 5.97 Å². The summed E-state index contributed by atoms with van der Waals surface area (Å²) in [6.45, 7) is 1.67. The fourth-order valence-corrected chi connectivity index (χ4v) is 1.51. The molecule has 1 aromatic rings. The summed E-state index contributed by atoms with van der Waals surface area (Å²) in [6.07, 6.45) is 1.09. The molecular weight excluding hydrogens is 212 g/mol. The van der Waals surface area contributed by atoms with Crippen LogP contribution < -0.4 is 10.4 Å². The number of rotatable bonds is 5. The molecule has 0 bridgehead atoms. The zero-order chi connectivity index (χ0) is 12.1. The minimum Gasteiger partial charge on any atom is -0.496 e. The minimum atomic E-state index is -0.839. The van der Waals surface area contributed by atoms with Crippen LogP contribution in [0, 0.1) is 6.92 Å². The second-order valence-electron chi connectivity index (χ2n) is 3.42. The van der Waals surface area contributed by atoms with Gasteiger partial charge in [-0.2, -0.15) is 0 Å². The van der Waals surface area contributed by atoms with Gasteiger partial charge in [-0.1, -0.05) is 0 Å². The molecule has 0 saturated heterocycles. The monoisotopic (exact) mass is 226 g/mol. The Hall–Kier alpha value is -1.78. The van der Waals surface area contributed by atoms with Crippen molar-refractivity contribution in [1.29, 1.82) is 0 Å². The highest BCUT2D eigenvalue weighted by atomic mass is 16.5.